The maximum Gasteiger partial charge on any atom is 0.00956 e. The molecule has 0 radical (unpaired) electrons. The molecule has 12 nitrogen and oxygen atoms in total. The molecule has 0 amide bonds. The lowest BCUT2D eigenvalue weighted by atomic mass is 9.63. The van der Waals surface area contributed by atoms with E-state index >= 15 is 0 Å². The van der Waals surface area contributed by atoms with Crippen molar-refractivity contribution in [1.29, 1.82) is 0 Å². The lowest BCUT2D eigenvalue weighted by molar-refractivity contribution is 0.0904. The maximum absolute atomic E-state index is 6.53. The second kappa shape index (κ2) is 45.8. The number of rotatable bonds is 14. The minimum absolute atomic E-state index is 0.279. The molecular weight excluding hydrogens is 1190 g/mol. The normalized spacial score (nSPS) is 43.2. The van der Waals surface area contributed by atoms with Gasteiger partial charge in [-0.25, -0.2) is 0 Å². The zero-order valence-electron chi connectivity index (χ0n) is 67.1. The predicted octanol–water partition coefficient (Wildman–Crippen LogP) is 16.6. The fraction of sp³-hybridized carbons (Fsp3) is 1.00. The van der Waals surface area contributed by atoms with E-state index in [4.69, 9.17) is 68.8 Å². The average molecular weight is 1370 g/mol. The highest BCUT2D eigenvalue weighted by Gasteiger charge is 2.42. The first kappa shape index (κ1) is 88.9. The van der Waals surface area contributed by atoms with Crippen LogP contribution in [0.1, 0.15) is 341 Å². The van der Waals surface area contributed by atoms with Crippen molar-refractivity contribution >= 4 is 0 Å². The van der Waals surface area contributed by atoms with Gasteiger partial charge in [0.25, 0.3) is 0 Å². The Labute approximate surface area is 603 Å². The predicted molar refractivity (Wildman–Crippen MR) is 425 cm³/mol. The van der Waals surface area contributed by atoms with Gasteiger partial charge in [-0.2, -0.15) is 0 Å². The SMILES string of the molecule is CC1(C)CC(N)CC(C)(CN)C1.CC1CC(CC2CC(C)C(N)C(C)C2)CC(C)C1N.CC1CC(CC2CCC(N)C(C)C2)CCC1N.CCC1CC(CC2CC(CC)C(N)C(CC)C2)CC(CC)C1N.CCN.NC1CCC(CC2CCC(N)CC2)CC1.NCC1CCCCC1. The van der Waals surface area contributed by atoms with E-state index in [0.29, 0.717) is 83.5 Å². The Kier molecular flexibility index (Phi) is 42.0. The summed E-state index contributed by atoms with van der Waals surface area (Å²) in [4.78, 5) is 0. The molecule has 0 aliphatic heterocycles. The van der Waals surface area contributed by atoms with E-state index in [1.54, 1.807) is 0 Å². The molecular formula is C85H176N12. The zero-order chi connectivity index (χ0) is 72.2. The molecule has 10 saturated carbocycles. The van der Waals surface area contributed by atoms with Crippen molar-refractivity contribution in [3.05, 3.63) is 0 Å². The van der Waals surface area contributed by atoms with E-state index in [1.807, 2.05) is 6.92 Å². The van der Waals surface area contributed by atoms with Crippen LogP contribution in [0.25, 0.3) is 0 Å². The molecule has 24 N–H and O–H groups in total. The van der Waals surface area contributed by atoms with Crippen molar-refractivity contribution in [2.24, 2.45) is 192 Å². The molecule has 0 aromatic heterocycles. The summed E-state index contributed by atoms with van der Waals surface area (Å²) in [6.07, 6.45) is 50.7. The summed E-state index contributed by atoms with van der Waals surface area (Å²) in [6, 6.07) is 4.03. The quantitative estimate of drug-likeness (QED) is 0.0773. The van der Waals surface area contributed by atoms with Crippen LogP contribution in [-0.4, -0.2) is 74.0 Å². The van der Waals surface area contributed by atoms with Crippen molar-refractivity contribution < 1.29 is 0 Å². The van der Waals surface area contributed by atoms with E-state index in [2.05, 4.69) is 90.0 Å². The van der Waals surface area contributed by atoms with Gasteiger partial charge in [-0.1, -0.05) is 142 Å². The average Bonchev–Trinajstić information content (AvgIpc) is 0.908. The molecule has 10 fully saturated rings. The molecule has 10 aliphatic rings. The Hall–Kier alpha value is -0.480. The van der Waals surface area contributed by atoms with Gasteiger partial charge < -0.3 is 68.8 Å². The Morgan fingerprint density at radius 3 is 0.887 bits per heavy atom. The minimum Gasteiger partial charge on any atom is -0.331 e. The first-order valence-corrected chi connectivity index (χ1v) is 42.8. The van der Waals surface area contributed by atoms with Crippen LogP contribution in [0.4, 0.5) is 0 Å². The fourth-order valence-electron chi connectivity index (χ4n) is 22.4. The third-order valence-electron chi connectivity index (χ3n) is 28.4. The van der Waals surface area contributed by atoms with Gasteiger partial charge in [0.2, 0.25) is 0 Å². The van der Waals surface area contributed by atoms with Gasteiger partial charge in [-0.3, -0.25) is 0 Å². The second-order valence-corrected chi connectivity index (χ2v) is 38.1. The molecule has 0 aromatic carbocycles. The van der Waals surface area contributed by atoms with Crippen molar-refractivity contribution in [1.82, 2.24) is 0 Å². The van der Waals surface area contributed by atoms with Crippen LogP contribution in [0.15, 0.2) is 0 Å². The van der Waals surface area contributed by atoms with E-state index < -0.39 is 0 Å². The molecule has 0 bridgehead atoms. The van der Waals surface area contributed by atoms with Gasteiger partial charge in [0, 0.05) is 54.4 Å². The first-order chi connectivity index (χ1) is 45.9. The fourth-order valence-corrected chi connectivity index (χ4v) is 22.4. The van der Waals surface area contributed by atoms with E-state index in [9.17, 15) is 0 Å². The Bertz CT molecular complexity index is 1820. The standard InChI is InChI=1S/C21H42N2.C17H34N2.C15H30N2.C13H26N2.C10H22N2.C7H15N.C2H7N/c1-5-16-10-14(11-17(6-2)20(16)22)9-15-12-18(7-3)21(23)19(8-4)13-15;1-10-5-14(6-11(2)16(10)18)9-15-7-12(3)17(19)13(4)8-15;1-10-7-12(3-5-14(10)16)9-13-4-6-15(17)11(2)8-13;14-12-5-1-10(2-6-12)9-11-3-7-13(15)8-4-11;1-9(2)4-8(12)5-10(3,6-9)7-11;8-6-7-4-2-1-3-5-7;1-2-3/h14-21H,5-13,22-23H2,1-4H3;10-17H,5-9,18-19H2,1-4H3;10-15H,3-9,16-17H2,1-2H3;10-13H,1-9,14-15H2;8H,4-7,11-12H2,1-3H3;7H,1-6,8H2;2-3H2,1H3. The van der Waals surface area contributed by atoms with Crippen LogP contribution in [0.5, 0.6) is 0 Å². The van der Waals surface area contributed by atoms with E-state index in [-0.39, 0.29) is 5.41 Å². The summed E-state index contributed by atoms with van der Waals surface area (Å²) in [7, 11) is 0. The smallest absolute Gasteiger partial charge is 0.00956 e. The molecule has 10 aliphatic carbocycles. The molecule has 97 heavy (non-hydrogen) atoms. The molecule has 0 saturated heterocycles. The van der Waals surface area contributed by atoms with Crippen LogP contribution in [0.2, 0.25) is 0 Å². The maximum atomic E-state index is 6.53. The van der Waals surface area contributed by atoms with Crippen molar-refractivity contribution in [2.75, 3.05) is 19.6 Å². The van der Waals surface area contributed by atoms with Gasteiger partial charge in [0.15, 0.2) is 0 Å². The van der Waals surface area contributed by atoms with Crippen LogP contribution in [0, 0.1) is 123 Å². The largest absolute Gasteiger partial charge is 0.331 e. The summed E-state index contributed by atoms with van der Waals surface area (Å²) >= 11 is 0. The molecule has 0 heterocycles. The van der Waals surface area contributed by atoms with Crippen molar-refractivity contribution in [3.63, 3.8) is 0 Å². The van der Waals surface area contributed by atoms with Crippen LogP contribution >= 0.6 is 0 Å². The summed E-state index contributed by atoms with van der Waals surface area (Å²) in [5, 5.41) is 0. The Morgan fingerprint density at radius 2 is 0.598 bits per heavy atom. The van der Waals surface area contributed by atoms with Gasteiger partial charge in [0.1, 0.15) is 0 Å². The molecule has 0 spiro atoms. The first-order valence-electron chi connectivity index (χ1n) is 42.8. The van der Waals surface area contributed by atoms with E-state index in [1.165, 1.54) is 231 Å². The highest BCUT2D eigenvalue weighted by molar-refractivity contribution is 4.96. The van der Waals surface area contributed by atoms with Crippen LogP contribution in [-0.2, 0) is 0 Å². The molecule has 12 heteroatoms. The van der Waals surface area contributed by atoms with Gasteiger partial charge in [0.05, 0.1) is 0 Å². The third kappa shape index (κ3) is 31.6. The minimum atomic E-state index is 0.279. The molecule has 16 unspecified atom stereocenters. The summed E-state index contributed by atoms with van der Waals surface area (Å²) < 4.78 is 0. The van der Waals surface area contributed by atoms with E-state index in [0.717, 1.165) is 121 Å². The number of hydrogen-bond acceptors (Lipinski definition) is 12. The molecule has 16 atom stereocenters. The number of hydrogen-bond donors (Lipinski definition) is 12. The lowest BCUT2D eigenvalue weighted by Crippen LogP contribution is -2.45. The summed E-state index contributed by atoms with van der Waals surface area (Å²) in [5.74, 6) is 15.7. The van der Waals surface area contributed by atoms with Gasteiger partial charge >= 0.3 is 0 Å². The Balaban J connectivity index is 0.000000251. The third-order valence-corrected chi connectivity index (χ3v) is 28.4. The highest BCUT2D eigenvalue weighted by Crippen LogP contribution is 2.47. The summed E-state index contributed by atoms with van der Waals surface area (Å²) in [5.41, 5.74) is 72.4. The van der Waals surface area contributed by atoms with Gasteiger partial charge in [-0.15, -0.1) is 0 Å². The van der Waals surface area contributed by atoms with Crippen molar-refractivity contribution in [3.8, 4) is 0 Å². The molecule has 576 valence electrons. The topological polar surface area (TPSA) is 312 Å². The lowest BCUT2D eigenvalue weighted by Gasteiger charge is -2.45. The second-order valence-electron chi connectivity index (χ2n) is 38.1. The van der Waals surface area contributed by atoms with Crippen molar-refractivity contribution in [2.45, 2.75) is 395 Å². The molecule has 10 rings (SSSR count). The Morgan fingerprint density at radius 1 is 0.299 bits per heavy atom. The zero-order valence-corrected chi connectivity index (χ0v) is 67.1. The van der Waals surface area contributed by atoms with Gasteiger partial charge in [-0.05, 0) is 342 Å². The number of nitrogens with two attached hydrogens (primary N) is 12. The summed E-state index contributed by atoms with van der Waals surface area (Å²) in [6.45, 7) is 34.5. The van der Waals surface area contributed by atoms with Crippen LogP contribution in [0.3, 0.4) is 0 Å². The monoisotopic (exact) mass is 1370 g/mol. The highest BCUT2D eigenvalue weighted by atomic mass is 14.7. The van der Waals surface area contributed by atoms with Crippen LogP contribution < -0.4 is 68.8 Å². The molecule has 0 aromatic rings.